The maximum Gasteiger partial charge on any atom is 0.333 e. The van der Waals surface area contributed by atoms with Gasteiger partial charge >= 0.3 is 5.97 Å². The molecule has 4 N–H and O–H groups in total. The van der Waals surface area contributed by atoms with Crippen LogP contribution in [0.2, 0.25) is 0 Å². The molecule has 110 valence electrons. The van der Waals surface area contributed by atoms with E-state index in [0.717, 1.165) is 6.42 Å². The van der Waals surface area contributed by atoms with Crippen LogP contribution in [0.3, 0.4) is 0 Å². The zero-order valence-electron chi connectivity index (χ0n) is 11.9. The van der Waals surface area contributed by atoms with Crippen molar-refractivity contribution in [3.05, 3.63) is 35.9 Å². The molecule has 2 unspecified atom stereocenters. The van der Waals surface area contributed by atoms with E-state index >= 15 is 0 Å². The molecule has 0 saturated heterocycles. The lowest BCUT2D eigenvalue weighted by molar-refractivity contribution is -0.147. The van der Waals surface area contributed by atoms with E-state index in [0.29, 0.717) is 12.0 Å². The van der Waals surface area contributed by atoms with Crippen molar-refractivity contribution >= 4 is 11.9 Å². The summed E-state index contributed by atoms with van der Waals surface area (Å²) in [5.74, 6) is -1.36. The highest BCUT2D eigenvalue weighted by Crippen LogP contribution is 2.21. The van der Waals surface area contributed by atoms with Crippen LogP contribution in [0.15, 0.2) is 30.3 Å². The molecule has 1 amide bonds. The first-order valence-corrected chi connectivity index (χ1v) is 6.72. The molecule has 0 spiro atoms. The van der Waals surface area contributed by atoms with Gasteiger partial charge in [-0.05, 0) is 32.3 Å². The second-order valence-electron chi connectivity index (χ2n) is 5.21. The third kappa shape index (κ3) is 4.35. The topological polar surface area (TPSA) is 92.4 Å². The van der Waals surface area contributed by atoms with Gasteiger partial charge in [-0.2, -0.15) is 0 Å². The Labute approximate surface area is 119 Å². The van der Waals surface area contributed by atoms with Gasteiger partial charge in [0.15, 0.2) is 5.54 Å². The normalized spacial score (nSPS) is 15.2. The van der Waals surface area contributed by atoms with Crippen molar-refractivity contribution in [1.82, 2.24) is 5.32 Å². The average molecular weight is 278 g/mol. The number of carboxylic acids is 1. The Morgan fingerprint density at radius 3 is 2.45 bits per heavy atom. The van der Waals surface area contributed by atoms with E-state index in [9.17, 15) is 14.7 Å². The third-order valence-electron chi connectivity index (χ3n) is 3.23. The number of amides is 1. The number of carbonyl (C=O) groups excluding carboxylic acids is 1. The first kappa shape index (κ1) is 16.2. The summed E-state index contributed by atoms with van der Waals surface area (Å²) >= 11 is 0. The summed E-state index contributed by atoms with van der Waals surface area (Å²) < 4.78 is 0. The van der Waals surface area contributed by atoms with E-state index < -0.39 is 11.5 Å². The Morgan fingerprint density at radius 2 is 1.95 bits per heavy atom. The summed E-state index contributed by atoms with van der Waals surface area (Å²) in [5, 5.41) is 12.0. The van der Waals surface area contributed by atoms with Crippen LogP contribution in [0.5, 0.6) is 0 Å². The smallest absolute Gasteiger partial charge is 0.333 e. The van der Waals surface area contributed by atoms with Gasteiger partial charge in [0.1, 0.15) is 0 Å². The minimum Gasteiger partial charge on any atom is -0.479 e. The molecule has 5 nitrogen and oxygen atoms in total. The SMILES string of the molecule is CC(N)CCCC(=O)NC(C)(C(=O)O)c1ccccc1. The van der Waals surface area contributed by atoms with Crippen LogP contribution in [-0.4, -0.2) is 23.0 Å². The molecule has 0 aliphatic heterocycles. The molecule has 0 aromatic heterocycles. The van der Waals surface area contributed by atoms with Crippen LogP contribution < -0.4 is 11.1 Å². The van der Waals surface area contributed by atoms with Crippen LogP contribution in [-0.2, 0) is 15.1 Å². The molecule has 0 saturated carbocycles. The summed E-state index contributed by atoms with van der Waals surface area (Å²) in [6.45, 7) is 3.37. The Balaban J connectivity index is 2.73. The maximum absolute atomic E-state index is 11.9. The summed E-state index contributed by atoms with van der Waals surface area (Å²) in [7, 11) is 0. The summed E-state index contributed by atoms with van der Waals surface area (Å²) in [6.07, 6.45) is 1.66. The number of rotatable bonds is 7. The molecular weight excluding hydrogens is 256 g/mol. The lowest BCUT2D eigenvalue weighted by Crippen LogP contribution is -2.49. The van der Waals surface area contributed by atoms with Crippen LogP contribution in [0.4, 0.5) is 0 Å². The third-order valence-corrected chi connectivity index (χ3v) is 3.23. The predicted octanol–water partition coefficient (Wildman–Crippen LogP) is 1.62. The van der Waals surface area contributed by atoms with Gasteiger partial charge in [0, 0.05) is 12.5 Å². The molecule has 0 bridgehead atoms. The number of nitrogens with one attached hydrogen (secondary N) is 1. The van der Waals surface area contributed by atoms with Crippen molar-refractivity contribution in [2.75, 3.05) is 0 Å². The number of hydrogen-bond acceptors (Lipinski definition) is 3. The van der Waals surface area contributed by atoms with Gasteiger partial charge in [0.2, 0.25) is 5.91 Å². The van der Waals surface area contributed by atoms with Crippen molar-refractivity contribution < 1.29 is 14.7 Å². The molecule has 1 aromatic rings. The zero-order valence-corrected chi connectivity index (χ0v) is 11.9. The molecule has 20 heavy (non-hydrogen) atoms. The van der Waals surface area contributed by atoms with E-state index in [4.69, 9.17) is 5.73 Å². The van der Waals surface area contributed by atoms with Gasteiger partial charge in [-0.15, -0.1) is 0 Å². The summed E-state index contributed by atoms with van der Waals surface area (Å²) in [5.41, 5.74) is 4.76. The molecule has 2 atom stereocenters. The predicted molar refractivity (Wildman–Crippen MR) is 77.1 cm³/mol. The molecule has 5 heteroatoms. The average Bonchev–Trinajstić information content (AvgIpc) is 2.38. The summed E-state index contributed by atoms with van der Waals surface area (Å²) in [4.78, 5) is 23.4. The molecule has 0 heterocycles. The molecule has 1 aromatic carbocycles. The van der Waals surface area contributed by atoms with Gasteiger partial charge in [-0.25, -0.2) is 4.79 Å². The second-order valence-corrected chi connectivity index (χ2v) is 5.21. The van der Waals surface area contributed by atoms with Crippen LogP contribution in [0, 0.1) is 0 Å². The van der Waals surface area contributed by atoms with E-state index in [1.807, 2.05) is 6.92 Å². The first-order chi connectivity index (χ1) is 9.36. The number of benzene rings is 1. The molecular formula is C15H22N2O3. The number of aliphatic carboxylic acids is 1. The van der Waals surface area contributed by atoms with E-state index in [-0.39, 0.29) is 18.4 Å². The Bertz CT molecular complexity index is 459. The molecule has 0 aliphatic rings. The number of carboxylic acid groups (broad SMARTS) is 1. The zero-order chi connectivity index (χ0) is 15.2. The lowest BCUT2D eigenvalue weighted by atomic mass is 9.92. The van der Waals surface area contributed by atoms with Gasteiger partial charge in [-0.3, -0.25) is 4.79 Å². The standard InChI is InChI=1S/C15H22N2O3/c1-11(16)7-6-10-13(18)17-15(2,14(19)20)12-8-4-3-5-9-12/h3-5,8-9,11H,6-7,10,16H2,1-2H3,(H,17,18)(H,19,20). The minimum absolute atomic E-state index is 0.0442. The largest absolute Gasteiger partial charge is 0.479 e. The number of hydrogen-bond donors (Lipinski definition) is 3. The molecule has 0 fully saturated rings. The fourth-order valence-corrected chi connectivity index (χ4v) is 1.95. The fourth-order valence-electron chi connectivity index (χ4n) is 1.95. The van der Waals surface area contributed by atoms with Gasteiger partial charge < -0.3 is 16.2 Å². The fraction of sp³-hybridized carbons (Fsp3) is 0.467. The second kappa shape index (κ2) is 7.05. The highest BCUT2D eigenvalue weighted by atomic mass is 16.4. The Morgan fingerprint density at radius 1 is 1.35 bits per heavy atom. The van der Waals surface area contributed by atoms with Crippen molar-refractivity contribution in [2.24, 2.45) is 5.73 Å². The van der Waals surface area contributed by atoms with E-state index in [1.165, 1.54) is 6.92 Å². The van der Waals surface area contributed by atoms with Crippen LogP contribution in [0.25, 0.3) is 0 Å². The van der Waals surface area contributed by atoms with E-state index in [2.05, 4.69) is 5.32 Å². The first-order valence-electron chi connectivity index (χ1n) is 6.72. The van der Waals surface area contributed by atoms with E-state index in [1.54, 1.807) is 30.3 Å². The van der Waals surface area contributed by atoms with Crippen molar-refractivity contribution in [2.45, 2.75) is 44.7 Å². The monoisotopic (exact) mass is 278 g/mol. The maximum atomic E-state index is 11.9. The van der Waals surface area contributed by atoms with Crippen molar-refractivity contribution in [3.8, 4) is 0 Å². The van der Waals surface area contributed by atoms with Gasteiger partial charge in [0.05, 0.1) is 0 Å². The molecule has 0 radical (unpaired) electrons. The van der Waals surface area contributed by atoms with Gasteiger partial charge in [0.25, 0.3) is 0 Å². The highest BCUT2D eigenvalue weighted by Gasteiger charge is 2.36. The van der Waals surface area contributed by atoms with Crippen molar-refractivity contribution in [1.29, 1.82) is 0 Å². The van der Waals surface area contributed by atoms with Gasteiger partial charge in [-0.1, -0.05) is 30.3 Å². The minimum atomic E-state index is -1.41. The van der Waals surface area contributed by atoms with Crippen LogP contribution >= 0.6 is 0 Å². The molecule has 0 aliphatic carbocycles. The molecule has 1 rings (SSSR count). The summed E-state index contributed by atoms with van der Waals surface area (Å²) in [6, 6.07) is 8.73. The number of carbonyl (C=O) groups is 2. The Kier molecular flexibility index (Phi) is 5.70. The number of nitrogens with two attached hydrogens (primary N) is 1. The highest BCUT2D eigenvalue weighted by molar-refractivity contribution is 5.87. The quantitative estimate of drug-likeness (QED) is 0.706. The lowest BCUT2D eigenvalue weighted by Gasteiger charge is -2.26. The van der Waals surface area contributed by atoms with Crippen LogP contribution in [0.1, 0.15) is 38.7 Å². The Hall–Kier alpha value is -1.88. The van der Waals surface area contributed by atoms with Crippen molar-refractivity contribution in [3.63, 3.8) is 0 Å².